The van der Waals surface area contributed by atoms with Crippen LogP contribution >= 0.6 is 11.8 Å². The van der Waals surface area contributed by atoms with Gasteiger partial charge in [-0.25, -0.2) is 14.4 Å². The van der Waals surface area contributed by atoms with E-state index >= 15 is 0 Å². The molecule has 0 saturated heterocycles. The Kier molecular flexibility index (Phi) is 7.09. The lowest BCUT2D eigenvalue weighted by Crippen LogP contribution is -2.13. The van der Waals surface area contributed by atoms with Crippen LogP contribution in [0.3, 0.4) is 0 Å². The minimum absolute atomic E-state index is 0.0710. The Morgan fingerprint density at radius 2 is 1.93 bits per heavy atom. The Labute approximate surface area is 174 Å². The summed E-state index contributed by atoms with van der Waals surface area (Å²) in [5, 5.41) is 3.07. The van der Waals surface area contributed by atoms with Gasteiger partial charge in [-0.2, -0.15) is 29.9 Å². The van der Waals surface area contributed by atoms with Crippen LogP contribution in [0.5, 0.6) is 5.75 Å². The lowest BCUT2D eigenvalue weighted by atomic mass is 10.2. The number of hydrogen-bond acceptors (Lipinski definition) is 6. The van der Waals surface area contributed by atoms with Crippen LogP contribution in [0.1, 0.15) is 12.0 Å². The molecule has 0 aliphatic heterocycles. The van der Waals surface area contributed by atoms with Gasteiger partial charge in [0.15, 0.2) is 5.82 Å². The summed E-state index contributed by atoms with van der Waals surface area (Å²) >= 11 is 1.70. The number of nitrogens with zero attached hydrogens (tertiary/aromatic N) is 3. The van der Waals surface area contributed by atoms with Gasteiger partial charge in [-0.3, -0.25) is 0 Å². The molecular formula is C20H18F4N4OS. The van der Waals surface area contributed by atoms with Crippen LogP contribution in [0, 0.1) is 5.82 Å². The molecule has 0 amide bonds. The third-order valence-corrected chi connectivity index (χ3v) is 4.52. The van der Waals surface area contributed by atoms with Crippen molar-refractivity contribution < 1.29 is 22.3 Å². The molecule has 30 heavy (non-hydrogen) atoms. The van der Waals surface area contributed by atoms with Crippen molar-refractivity contribution in [3.63, 3.8) is 0 Å². The van der Waals surface area contributed by atoms with E-state index < -0.39 is 25.0 Å². The maximum atomic E-state index is 13.6. The van der Waals surface area contributed by atoms with Gasteiger partial charge < -0.3 is 10.1 Å². The lowest BCUT2D eigenvalue weighted by molar-refractivity contribution is -0.139. The zero-order valence-corrected chi connectivity index (χ0v) is 16.7. The summed E-state index contributed by atoms with van der Waals surface area (Å²) in [6, 6.07) is 11.3. The van der Waals surface area contributed by atoms with Crippen LogP contribution in [0.4, 0.5) is 29.2 Å². The number of ether oxygens (including phenoxy) is 1. The third kappa shape index (κ3) is 6.31. The highest BCUT2D eigenvalue weighted by atomic mass is 32.2. The summed E-state index contributed by atoms with van der Waals surface area (Å²) in [6.45, 7) is -0.640. The van der Waals surface area contributed by atoms with Gasteiger partial charge in [0.05, 0.1) is 18.6 Å². The highest BCUT2D eigenvalue weighted by Crippen LogP contribution is 2.30. The molecule has 1 heterocycles. The first kappa shape index (κ1) is 21.8. The van der Waals surface area contributed by atoms with Crippen molar-refractivity contribution in [2.45, 2.75) is 18.3 Å². The summed E-state index contributed by atoms with van der Waals surface area (Å²) in [5.41, 5.74) is 2.17. The predicted molar refractivity (Wildman–Crippen MR) is 108 cm³/mol. The number of benzene rings is 2. The van der Waals surface area contributed by atoms with Gasteiger partial charge in [0, 0.05) is 17.5 Å². The van der Waals surface area contributed by atoms with Gasteiger partial charge in [-0.05, 0) is 36.1 Å². The summed E-state index contributed by atoms with van der Waals surface area (Å²) in [7, 11) is 0. The molecule has 2 aromatic carbocycles. The number of aromatic nitrogens is 3. The number of rotatable bonds is 8. The van der Waals surface area contributed by atoms with E-state index in [9.17, 15) is 17.6 Å². The largest absolute Gasteiger partial charge is 0.492 e. The van der Waals surface area contributed by atoms with Crippen molar-refractivity contribution in [2.24, 2.45) is 0 Å². The molecule has 0 atom stereocenters. The van der Waals surface area contributed by atoms with Crippen LogP contribution in [0.15, 0.2) is 48.8 Å². The summed E-state index contributed by atoms with van der Waals surface area (Å²) in [5.74, 6) is 0.533. The van der Waals surface area contributed by atoms with Gasteiger partial charge in [0.25, 0.3) is 0 Å². The molecule has 0 saturated carbocycles. The van der Waals surface area contributed by atoms with E-state index in [0.29, 0.717) is 0 Å². The second kappa shape index (κ2) is 9.75. The normalized spacial score (nSPS) is 11.4. The van der Waals surface area contributed by atoms with Crippen molar-refractivity contribution in [3.8, 4) is 17.1 Å². The summed E-state index contributed by atoms with van der Waals surface area (Å²) in [6.07, 6.45) is -2.25. The molecule has 0 aliphatic rings. The molecule has 0 spiro atoms. The smallest absolute Gasteiger partial charge is 0.392 e. The predicted octanol–water partition coefficient (Wildman–Crippen LogP) is 5.62. The monoisotopic (exact) mass is 438 g/mol. The minimum Gasteiger partial charge on any atom is -0.492 e. The fraction of sp³-hybridized carbons (Fsp3) is 0.250. The van der Waals surface area contributed by atoms with Crippen molar-refractivity contribution >= 4 is 23.4 Å². The summed E-state index contributed by atoms with van der Waals surface area (Å²) in [4.78, 5) is 12.4. The molecule has 0 bridgehead atoms. The van der Waals surface area contributed by atoms with E-state index in [1.54, 1.807) is 11.8 Å². The maximum absolute atomic E-state index is 13.6. The van der Waals surface area contributed by atoms with Crippen LogP contribution in [0.2, 0.25) is 0 Å². The van der Waals surface area contributed by atoms with Crippen molar-refractivity contribution in [3.05, 3.63) is 60.2 Å². The average molecular weight is 438 g/mol. The van der Waals surface area contributed by atoms with Gasteiger partial charge in [0.1, 0.15) is 17.9 Å². The van der Waals surface area contributed by atoms with E-state index in [-0.39, 0.29) is 23.1 Å². The zero-order valence-electron chi connectivity index (χ0n) is 15.9. The third-order valence-electron chi connectivity index (χ3n) is 3.89. The van der Waals surface area contributed by atoms with Crippen LogP contribution in [-0.4, -0.2) is 34.0 Å². The van der Waals surface area contributed by atoms with E-state index in [2.05, 4.69) is 20.3 Å². The molecule has 0 radical (unpaired) electrons. The minimum atomic E-state index is -4.37. The van der Waals surface area contributed by atoms with Gasteiger partial charge in [-0.15, -0.1) is 0 Å². The summed E-state index contributed by atoms with van der Waals surface area (Å²) < 4.78 is 56.0. The Morgan fingerprint density at radius 3 is 2.70 bits per heavy atom. The van der Waals surface area contributed by atoms with Gasteiger partial charge >= 0.3 is 6.18 Å². The molecule has 3 rings (SSSR count). The standard InChI is InChI=1S/C20H18F4N4OS/c1-30-11-13-3-2-4-15(9-13)27-19-26-12-25-18(28-19)16-6-5-14(21)10-17(16)29-8-7-20(22,23)24/h2-6,9-10,12H,7-8,11H2,1H3,(H,25,26,27,28). The highest BCUT2D eigenvalue weighted by Gasteiger charge is 2.27. The number of thioether (sulfide) groups is 1. The Hall–Kier alpha value is -2.88. The molecule has 1 N–H and O–H groups in total. The number of halogens is 4. The van der Waals surface area contributed by atoms with Crippen molar-refractivity contribution in [2.75, 3.05) is 18.2 Å². The lowest BCUT2D eigenvalue weighted by Gasteiger charge is -2.13. The van der Waals surface area contributed by atoms with Gasteiger partial charge in [0.2, 0.25) is 5.95 Å². The van der Waals surface area contributed by atoms with E-state index in [0.717, 1.165) is 29.1 Å². The number of nitrogens with one attached hydrogen (secondary N) is 1. The molecule has 10 heteroatoms. The Balaban J connectivity index is 1.82. The highest BCUT2D eigenvalue weighted by molar-refractivity contribution is 7.97. The first-order valence-electron chi connectivity index (χ1n) is 8.87. The maximum Gasteiger partial charge on any atom is 0.392 e. The molecule has 0 fully saturated rings. The first-order valence-corrected chi connectivity index (χ1v) is 10.3. The van der Waals surface area contributed by atoms with E-state index in [1.807, 2.05) is 30.5 Å². The zero-order chi connectivity index (χ0) is 21.6. The first-order chi connectivity index (χ1) is 14.3. The van der Waals surface area contributed by atoms with Crippen molar-refractivity contribution in [1.29, 1.82) is 0 Å². The Bertz CT molecular complexity index is 1000. The molecule has 1 aromatic heterocycles. The Morgan fingerprint density at radius 1 is 1.10 bits per heavy atom. The topological polar surface area (TPSA) is 59.9 Å². The molecule has 3 aromatic rings. The SMILES string of the molecule is CSCc1cccc(Nc2ncnc(-c3ccc(F)cc3OCCC(F)(F)F)n2)c1. The number of hydrogen-bond donors (Lipinski definition) is 1. The van der Waals surface area contributed by atoms with Crippen LogP contribution in [0.25, 0.3) is 11.4 Å². The second-order valence-corrected chi connectivity index (χ2v) is 7.11. The number of alkyl halides is 3. The fourth-order valence-corrected chi connectivity index (χ4v) is 3.11. The average Bonchev–Trinajstić information content (AvgIpc) is 2.68. The second-order valence-electron chi connectivity index (χ2n) is 6.25. The van der Waals surface area contributed by atoms with Crippen molar-refractivity contribution in [1.82, 2.24) is 15.0 Å². The molecule has 0 aliphatic carbocycles. The van der Waals surface area contributed by atoms with E-state index in [1.165, 1.54) is 12.4 Å². The molecule has 5 nitrogen and oxygen atoms in total. The number of anilines is 2. The molecular weight excluding hydrogens is 420 g/mol. The van der Waals surface area contributed by atoms with Crippen LogP contribution < -0.4 is 10.1 Å². The van der Waals surface area contributed by atoms with Gasteiger partial charge in [-0.1, -0.05) is 12.1 Å². The molecule has 0 unspecified atom stereocenters. The quantitative estimate of drug-likeness (QED) is 0.461. The van der Waals surface area contributed by atoms with Crippen LogP contribution in [-0.2, 0) is 5.75 Å². The van der Waals surface area contributed by atoms with E-state index in [4.69, 9.17) is 4.74 Å². The fourth-order valence-electron chi connectivity index (χ4n) is 2.60. The molecule has 158 valence electrons.